The molecule has 1 atom stereocenters. The second kappa shape index (κ2) is 6.02. The number of hydrogen-bond donors (Lipinski definition) is 1. The predicted octanol–water partition coefficient (Wildman–Crippen LogP) is 2.87. The lowest BCUT2D eigenvalue weighted by molar-refractivity contribution is 0.627. The first kappa shape index (κ1) is 12.4. The minimum absolute atomic E-state index is 0.748. The van der Waals surface area contributed by atoms with Crippen LogP contribution in [0.3, 0.4) is 0 Å². The first-order chi connectivity index (χ1) is 6.67. The van der Waals surface area contributed by atoms with E-state index in [1.807, 2.05) is 30.3 Å². The highest BCUT2D eigenvalue weighted by Gasteiger charge is 2.14. The number of halogens is 1. The molecular weight excluding hydrogens is 279 g/mol. The molecule has 0 spiro atoms. The van der Waals surface area contributed by atoms with Gasteiger partial charge in [0.1, 0.15) is 0 Å². The standard InChI is InChI=1S/C10H14BrOPS/c11-8-4-5-9-13(12,14)10-6-2-1-3-7-10/h1-3,6-7H,4-5,8-9H2,(H,12,14). The van der Waals surface area contributed by atoms with Gasteiger partial charge < -0.3 is 4.89 Å². The van der Waals surface area contributed by atoms with Gasteiger partial charge in [-0.2, -0.15) is 0 Å². The fourth-order valence-corrected chi connectivity index (χ4v) is 3.91. The second-order valence-electron chi connectivity index (χ2n) is 3.16. The maximum atomic E-state index is 10.1. The van der Waals surface area contributed by atoms with Crippen molar-refractivity contribution in [3.63, 3.8) is 0 Å². The molecule has 1 aromatic rings. The lowest BCUT2D eigenvalue weighted by atomic mass is 10.4. The van der Waals surface area contributed by atoms with Gasteiger partial charge in [-0.25, -0.2) is 0 Å². The summed E-state index contributed by atoms with van der Waals surface area (Å²) in [4.78, 5) is 10.1. The van der Waals surface area contributed by atoms with Crippen LogP contribution in [0.5, 0.6) is 0 Å². The summed E-state index contributed by atoms with van der Waals surface area (Å²) < 4.78 is 0. The van der Waals surface area contributed by atoms with Gasteiger partial charge in [-0.1, -0.05) is 58.1 Å². The summed E-state index contributed by atoms with van der Waals surface area (Å²) in [6.07, 6.45) is 0.555. The van der Waals surface area contributed by atoms with Crippen LogP contribution < -0.4 is 5.30 Å². The molecule has 1 nitrogen and oxygen atoms in total. The van der Waals surface area contributed by atoms with E-state index in [2.05, 4.69) is 15.9 Å². The first-order valence-corrected chi connectivity index (χ1v) is 8.66. The Morgan fingerprint density at radius 2 is 1.86 bits per heavy atom. The molecule has 0 heterocycles. The monoisotopic (exact) mass is 292 g/mol. The molecule has 4 heteroatoms. The maximum Gasteiger partial charge on any atom is 0.0913 e. The molecule has 1 unspecified atom stereocenters. The van der Waals surface area contributed by atoms with E-state index in [4.69, 9.17) is 11.8 Å². The Bertz CT molecular complexity index is 315. The molecular formula is C10H14BrOPS. The number of unbranched alkanes of at least 4 members (excludes halogenated alkanes) is 1. The van der Waals surface area contributed by atoms with Gasteiger partial charge in [0.05, 0.1) is 6.26 Å². The fraction of sp³-hybridized carbons (Fsp3) is 0.400. The smallest absolute Gasteiger partial charge is 0.0913 e. The van der Waals surface area contributed by atoms with Crippen LogP contribution >= 0.6 is 22.2 Å². The van der Waals surface area contributed by atoms with Crippen LogP contribution in [-0.2, 0) is 11.8 Å². The summed E-state index contributed by atoms with van der Waals surface area (Å²) in [6, 6.07) is 9.65. The third-order valence-corrected chi connectivity index (χ3v) is 5.77. The highest BCUT2D eigenvalue weighted by molar-refractivity contribution is 9.09. The lowest BCUT2D eigenvalue weighted by Gasteiger charge is -2.14. The zero-order valence-corrected chi connectivity index (χ0v) is 11.2. The molecule has 0 amide bonds. The van der Waals surface area contributed by atoms with E-state index in [1.165, 1.54) is 0 Å². The highest BCUT2D eigenvalue weighted by Crippen LogP contribution is 2.40. The van der Waals surface area contributed by atoms with E-state index in [9.17, 15) is 4.89 Å². The van der Waals surface area contributed by atoms with Crippen molar-refractivity contribution >= 4 is 39.3 Å². The van der Waals surface area contributed by atoms with Gasteiger partial charge >= 0.3 is 0 Å². The van der Waals surface area contributed by atoms with Crippen molar-refractivity contribution in [3.05, 3.63) is 30.3 Å². The van der Waals surface area contributed by atoms with E-state index >= 15 is 0 Å². The van der Waals surface area contributed by atoms with Crippen LogP contribution in [0.1, 0.15) is 12.8 Å². The maximum absolute atomic E-state index is 10.1. The largest absolute Gasteiger partial charge is 0.361 e. The topological polar surface area (TPSA) is 20.2 Å². The number of hydrogen-bond acceptors (Lipinski definition) is 1. The second-order valence-corrected chi connectivity index (χ2v) is 8.13. The van der Waals surface area contributed by atoms with Gasteiger partial charge in [0.25, 0.3) is 0 Å². The normalized spacial score (nSPS) is 15.0. The van der Waals surface area contributed by atoms with Gasteiger partial charge in [0, 0.05) is 16.8 Å². The molecule has 1 aromatic carbocycles. The van der Waals surface area contributed by atoms with Gasteiger partial charge in [-0.3, -0.25) is 0 Å². The summed E-state index contributed by atoms with van der Waals surface area (Å²) in [6.45, 7) is 0. The van der Waals surface area contributed by atoms with Crippen LogP contribution in [0.15, 0.2) is 30.3 Å². The third kappa shape index (κ3) is 3.82. The Morgan fingerprint density at radius 1 is 1.21 bits per heavy atom. The average molecular weight is 293 g/mol. The zero-order chi connectivity index (χ0) is 10.4. The van der Waals surface area contributed by atoms with Crippen molar-refractivity contribution in [2.45, 2.75) is 12.8 Å². The molecule has 1 rings (SSSR count). The third-order valence-electron chi connectivity index (χ3n) is 2.00. The van der Waals surface area contributed by atoms with Crippen molar-refractivity contribution in [1.82, 2.24) is 0 Å². The number of rotatable bonds is 5. The molecule has 0 aromatic heterocycles. The van der Waals surface area contributed by atoms with Crippen LogP contribution in [-0.4, -0.2) is 16.4 Å². The molecule has 0 saturated carbocycles. The van der Waals surface area contributed by atoms with Crippen molar-refractivity contribution in [2.75, 3.05) is 11.5 Å². The molecule has 0 aliphatic carbocycles. The molecule has 0 radical (unpaired) electrons. The minimum Gasteiger partial charge on any atom is -0.361 e. The highest BCUT2D eigenvalue weighted by atomic mass is 79.9. The Morgan fingerprint density at radius 3 is 2.43 bits per heavy atom. The Kier molecular flexibility index (Phi) is 5.32. The van der Waals surface area contributed by atoms with Crippen molar-refractivity contribution in [3.8, 4) is 0 Å². The summed E-state index contributed by atoms with van der Waals surface area (Å²) in [5.41, 5.74) is 0. The Labute approximate surface area is 98.8 Å². The van der Waals surface area contributed by atoms with Crippen LogP contribution in [0.2, 0.25) is 0 Å². The van der Waals surface area contributed by atoms with E-state index in [1.54, 1.807) is 0 Å². The van der Waals surface area contributed by atoms with Gasteiger partial charge in [0.2, 0.25) is 0 Å². The van der Waals surface area contributed by atoms with E-state index in [-0.39, 0.29) is 0 Å². The van der Waals surface area contributed by atoms with E-state index in [0.717, 1.165) is 29.6 Å². The molecule has 0 fully saturated rings. The average Bonchev–Trinajstić information content (AvgIpc) is 2.19. The van der Waals surface area contributed by atoms with E-state index < -0.39 is 6.26 Å². The summed E-state index contributed by atoms with van der Waals surface area (Å²) in [5, 5.41) is 1.92. The van der Waals surface area contributed by atoms with E-state index in [0.29, 0.717) is 0 Å². The number of benzene rings is 1. The quantitative estimate of drug-likeness (QED) is 0.512. The Balaban J connectivity index is 2.62. The van der Waals surface area contributed by atoms with Gasteiger partial charge in [-0.05, 0) is 12.8 Å². The molecule has 0 aliphatic heterocycles. The number of alkyl halides is 1. The minimum atomic E-state index is -2.26. The first-order valence-electron chi connectivity index (χ1n) is 4.60. The zero-order valence-electron chi connectivity index (χ0n) is 7.90. The molecule has 1 N–H and O–H groups in total. The van der Waals surface area contributed by atoms with Crippen molar-refractivity contribution in [1.29, 1.82) is 0 Å². The van der Waals surface area contributed by atoms with Crippen LogP contribution in [0.25, 0.3) is 0 Å². The van der Waals surface area contributed by atoms with Crippen molar-refractivity contribution in [2.24, 2.45) is 0 Å². The van der Waals surface area contributed by atoms with Gasteiger partial charge in [0.15, 0.2) is 0 Å². The molecule has 14 heavy (non-hydrogen) atoms. The van der Waals surface area contributed by atoms with Crippen molar-refractivity contribution < 1.29 is 4.89 Å². The molecule has 0 aliphatic rings. The van der Waals surface area contributed by atoms with Crippen LogP contribution in [0, 0.1) is 0 Å². The van der Waals surface area contributed by atoms with Crippen LogP contribution in [0.4, 0.5) is 0 Å². The Hall–Kier alpha value is 0.310. The fourth-order valence-electron chi connectivity index (χ4n) is 1.21. The predicted molar refractivity (Wildman–Crippen MR) is 70.5 cm³/mol. The van der Waals surface area contributed by atoms with Gasteiger partial charge in [-0.15, -0.1) is 0 Å². The lowest BCUT2D eigenvalue weighted by Crippen LogP contribution is -2.06. The summed E-state index contributed by atoms with van der Waals surface area (Å²) >= 11 is 8.64. The molecule has 78 valence electrons. The summed E-state index contributed by atoms with van der Waals surface area (Å²) in [5.74, 6) is 0. The summed E-state index contributed by atoms with van der Waals surface area (Å²) in [7, 11) is 0. The molecule has 0 saturated heterocycles. The molecule has 0 bridgehead atoms. The SMILES string of the molecule is OP(=S)(CCCCBr)c1ccccc1.